The Morgan fingerprint density at radius 1 is 0.577 bits per heavy atom. The largest absolute Gasteiger partial charge is 0.465 e. The number of hydrogen-bond donors (Lipinski definition) is 0. The van der Waals surface area contributed by atoms with E-state index in [4.69, 9.17) is 9.47 Å². The van der Waals surface area contributed by atoms with E-state index >= 15 is 0 Å². The fourth-order valence-electron chi connectivity index (χ4n) is 4.13. The average Bonchev–Trinajstić information content (AvgIpc) is 2.66. The Morgan fingerprint density at radius 2 is 0.885 bits per heavy atom. The first-order chi connectivity index (χ1) is 12.5. The van der Waals surface area contributed by atoms with E-state index in [9.17, 15) is 9.59 Å². The molecule has 0 N–H and O–H groups in total. The van der Waals surface area contributed by atoms with Crippen molar-refractivity contribution in [2.45, 2.75) is 106 Å². The highest BCUT2D eigenvalue weighted by molar-refractivity contribution is 5.88. The van der Waals surface area contributed by atoms with Gasteiger partial charge in [0.25, 0.3) is 0 Å². The van der Waals surface area contributed by atoms with Crippen LogP contribution in [0.4, 0.5) is 0 Å². The lowest BCUT2D eigenvalue weighted by Crippen LogP contribution is -2.53. The molecule has 0 aromatic rings. The van der Waals surface area contributed by atoms with E-state index in [0.29, 0.717) is 38.9 Å². The monoisotopic (exact) mass is 370 g/mol. The zero-order valence-corrected chi connectivity index (χ0v) is 18.1. The van der Waals surface area contributed by atoms with Crippen LogP contribution in [0.5, 0.6) is 0 Å². The summed E-state index contributed by atoms with van der Waals surface area (Å²) in [6.07, 6.45) is 8.35. The van der Waals surface area contributed by atoms with Crippen molar-refractivity contribution < 1.29 is 19.1 Å². The Morgan fingerprint density at radius 3 is 1.12 bits per heavy atom. The van der Waals surface area contributed by atoms with Gasteiger partial charge in [-0.2, -0.15) is 0 Å². The van der Waals surface area contributed by atoms with E-state index in [2.05, 4.69) is 13.8 Å². The van der Waals surface area contributed by atoms with Crippen LogP contribution in [0.25, 0.3) is 0 Å². The fraction of sp³-hybridized carbons (Fsp3) is 0.909. The molecule has 0 atom stereocenters. The van der Waals surface area contributed by atoms with Crippen LogP contribution in [-0.2, 0) is 19.1 Å². The van der Waals surface area contributed by atoms with Crippen LogP contribution >= 0.6 is 0 Å². The maximum atomic E-state index is 13.1. The molecule has 154 valence electrons. The summed E-state index contributed by atoms with van der Waals surface area (Å²) < 4.78 is 11.3. The maximum Gasteiger partial charge on any atom is 0.313 e. The number of esters is 2. The first-order valence-corrected chi connectivity index (χ1v) is 10.8. The minimum atomic E-state index is -0.815. The summed E-state index contributed by atoms with van der Waals surface area (Å²) >= 11 is 0. The molecule has 26 heavy (non-hydrogen) atoms. The third kappa shape index (κ3) is 5.72. The van der Waals surface area contributed by atoms with Crippen molar-refractivity contribution in [2.75, 3.05) is 13.2 Å². The minimum absolute atomic E-state index is 0.229. The summed E-state index contributed by atoms with van der Waals surface area (Å²) in [7, 11) is 0. The highest BCUT2D eigenvalue weighted by atomic mass is 16.5. The Balaban J connectivity index is 5.45. The highest BCUT2D eigenvalue weighted by Gasteiger charge is 2.58. The Kier molecular flexibility index (Phi) is 12.6. The van der Waals surface area contributed by atoms with Gasteiger partial charge in [0.2, 0.25) is 0 Å². The lowest BCUT2D eigenvalue weighted by Gasteiger charge is -2.45. The molecule has 0 amide bonds. The van der Waals surface area contributed by atoms with E-state index in [0.717, 1.165) is 38.5 Å². The normalized spacial score (nSPS) is 12.1. The van der Waals surface area contributed by atoms with Crippen molar-refractivity contribution in [3.8, 4) is 0 Å². The van der Waals surface area contributed by atoms with Gasteiger partial charge in [0.1, 0.15) is 0 Å². The molecule has 4 heteroatoms. The van der Waals surface area contributed by atoms with E-state index in [1.807, 2.05) is 27.7 Å². The average molecular weight is 371 g/mol. The van der Waals surface area contributed by atoms with Gasteiger partial charge in [0.15, 0.2) is 0 Å². The molecule has 0 bridgehead atoms. The molecule has 0 radical (unpaired) electrons. The first-order valence-electron chi connectivity index (χ1n) is 10.8. The van der Waals surface area contributed by atoms with E-state index < -0.39 is 10.8 Å². The molecule has 0 saturated carbocycles. The zero-order valence-electron chi connectivity index (χ0n) is 18.1. The van der Waals surface area contributed by atoms with Gasteiger partial charge in [0, 0.05) is 0 Å². The highest BCUT2D eigenvalue weighted by Crippen LogP contribution is 2.51. The molecule has 0 saturated heterocycles. The Bertz CT molecular complexity index is 357. The van der Waals surface area contributed by atoms with Crippen LogP contribution in [0.1, 0.15) is 106 Å². The van der Waals surface area contributed by atoms with Crippen molar-refractivity contribution in [2.24, 2.45) is 10.8 Å². The topological polar surface area (TPSA) is 52.6 Å². The predicted octanol–water partition coefficient (Wildman–Crippen LogP) is 6.07. The number of rotatable bonds is 15. The number of carbonyl (C=O) groups is 2. The van der Waals surface area contributed by atoms with Crippen LogP contribution in [0, 0.1) is 10.8 Å². The lowest BCUT2D eigenvalue weighted by molar-refractivity contribution is -0.184. The standard InChI is InChI=1S/C22H42O4/c1-7-13-15-17-25-19(23)21(9-3,10-4)22(11-5,12-6)20(24)26-18-16-14-8-2/h7-18H2,1-6H3. The summed E-state index contributed by atoms with van der Waals surface area (Å²) in [6.45, 7) is 13.1. The molecule has 0 rings (SSSR count). The van der Waals surface area contributed by atoms with Gasteiger partial charge >= 0.3 is 11.9 Å². The van der Waals surface area contributed by atoms with E-state index in [1.54, 1.807) is 0 Å². The molecular weight excluding hydrogens is 328 g/mol. The van der Waals surface area contributed by atoms with Crippen LogP contribution in [0.15, 0.2) is 0 Å². The predicted molar refractivity (Wildman–Crippen MR) is 107 cm³/mol. The maximum absolute atomic E-state index is 13.1. The number of unbranched alkanes of at least 4 members (excludes halogenated alkanes) is 4. The van der Waals surface area contributed by atoms with Gasteiger partial charge in [-0.3, -0.25) is 9.59 Å². The third-order valence-corrected chi connectivity index (χ3v) is 6.07. The van der Waals surface area contributed by atoms with Crippen molar-refractivity contribution in [3.63, 3.8) is 0 Å². The number of hydrogen-bond acceptors (Lipinski definition) is 4. The molecule has 0 aliphatic carbocycles. The van der Waals surface area contributed by atoms with Gasteiger partial charge < -0.3 is 9.47 Å². The van der Waals surface area contributed by atoms with Gasteiger partial charge in [-0.1, -0.05) is 67.2 Å². The van der Waals surface area contributed by atoms with Crippen LogP contribution in [-0.4, -0.2) is 25.2 Å². The van der Waals surface area contributed by atoms with Gasteiger partial charge in [-0.05, 0) is 38.5 Å². The second kappa shape index (κ2) is 13.2. The van der Waals surface area contributed by atoms with Crippen molar-refractivity contribution >= 4 is 11.9 Å². The lowest BCUT2D eigenvalue weighted by atomic mass is 9.57. The van der Waals surface area contributed by atoms with Gasteiger partial charge in [-0.15, -0.1) is 0 Å². The van der Waals surface area contributed by atoms with Crippen molar-refractivity contribution in [1.29, 1.82) is 0 Å². The molecule has 0 heterocycles. The molecule has 0 aliphatic heterocycles. The Labute approximate surface area is 161 Å². The summed E-state index contributed by atoms with van der Waals surface area (Å²) in [5.41, 5.74) is -1.63. The molecular formula is C22H42O4. The van der Waals surface area contributed by atoms with Gasteiger partial charge in [0.05, 0.1) is 24.0 Å². The van der Waals surface area contributed by atoms with Crippen LogP contribution in [0.2, 0.25) is 0 Å². The Hall–Kier alpha value is -1.06. The molecule has 0 aromatic carbocycles. The second-order valence-electron chi connectivity index (χ2n) is 7.26. The molecule has 0 aromatic heterocycles. The second-order valence-corrected chi connectivity index (χ2v) is 7.26. The zero-order chi connectivity index (χ0) is 20.1. The number of carbonyl (C=O) groups excluding carboxylic acids is 2. The summed E-state index contributed by atoms with van der Waals surface area (Å²) in [6, 6.07) is 0. The van der Waals surface area contributed by atoms with Crippen LogP contribution in [0.3, 0.4) is 0 Å². The first kappa shape index (κ1) is 24.9. The van der Waals surface area contributed by atoms with Crippen LogP contribution < -0.4 is 0 Å². The minimum Gasteiger partial charge on any atom is -0.465 e. The SMILES string of the molecule is CCCCCOC(=O)C(CC)(CC)C(CC)(CC)C(=O)OCCCCC. The molecule has 0 aliphatic rings. The smallest absolute Gasteiger partial charge is 0.313 e. The summed E-state index contributed by atoms with van der Waals surface area (Å²) in [5.74, 6) is -0.458. The van der Waals surface area contributed by atoms with E-state index in [1.165, 1.54) is 0 Å². The van der Waals surface area contributed by atoms with Gasteiger partial charge in [-0.25, -0.2) is 0 Å². The fourth-order valence-corrected chi connectivity index (χ4v) is 4.13. The quantitative estimate of drug-likeness (QED) is 0.259. The summed E-state index contributed by atoms with van der Waals surface area (Å²) in [5, 5.41) is 0. The molecule has 0 spiro atoms. The molecule has 0 fully saturated rings. The van der Waals surface area contributed by atoms with E-state index in [-0.39, 0.29) is 11.9 Å². The molecule has 4 nitrogen and oxygen atoms in total. The third-order valence-electron chi connectivity index (χ3n) is 6.07. The molecule has 0 unspecified atom stereocenters. The summed E-state index contributed by atoms with van der Waals surface area (Å²) in [4.78, 5) is 26.2. The number of ether oxygens (including phenoxy) is 2. The van der Waals surface area contributed by atoms with Crippen molar-refractivity contribution in [1.82, 2.24) is 0 Å². The van der Waals surface area contributed by atoms with Crippen molar-refractivity contribution in [3.05, 3.63) is 0 Å².